The molecular weight excluding hydrogens is 234 g/mol. The van der Waals surface area contributed by atoms with E-state index in [2.05, 4.69) is 11.5 Å². The van der Waals surface area contributed by atoms with Crippen molar-refractivity contribution in [1.29, 1.82) is 0 Å². The molecule has 19 heavy (non-hydrogen) atoms. The molecule has 0 radical (unpaired) electrons. The van der Waals surface area contributed by atoms with Gasteiger partial charge in [-0.1, -0.05) is 19.8 Å². The van der Waals surface area contributed by atoms with Crippen LogP contribution in [0.4, 0.5) is 5.82 Å². The molecule has 0 bridgehead atoms. The van der Waals surface area contributed by atoms with E-state index in [9.17, 15) is 0 Å². The normalized spacial score (nSPS) is 31.6. The number of anilines is 1. The Balaban J connectivity index is 1.69. The van der Waals surface area contributed by atoms with Crippen LogP contribution in [0.2, 0.25) is 0 Å². The zero-order chi connectivity index (χ0) is 13.0. The third-order valence-corrected chi connectivity index (χ3v) is 5.18. The van der Waals surface area contributed by atoms with Crippen LogP contribution in [0, 0.1) is 5.92 Å². The molecule has 2 N–H and O–H groups in total. The second-order valence-electron chi connectivity index (χ2n) is 7.08. The van der Waals surface area contributed by atoms with Crippen LogP contribution < -0.4 is 5.73 Å². The van der Waals surface area contributed by atoms with Gasteiger partial charge in [0.1, 0.15) is 11.6 Å². The molecule has 3 aliphatic rings. The summed E-state index contributed by atoms with van der Waals surface area (Å²) in [5, 5.41) is 0. The Labute approximate surface area is 115 Å². The molecule has 3 nitrogen and oxygen atoms in total. The van der Waals surface area contributed by atoms with Crippen molar-refractivity contribution in [3.63, 3.8) is 0 Å². The van der Waals surface area contributed by atoms with Crippen molar-refractivity contribution >= 4 is 5.82 Å². The Morgan fingerprint density at radius 2 is 1.84 bits per heavy atom. The van der Waals surface area contributed by atoms with Gasteiger partial charge >= 0.3 is 0 Å². The molecule has 1 aromatic rings. The van der Waals surface area contributed by atoms with Gasteiger partial charge in [0.25, 0.3) is 0 Å². The van der Waals surface area contributed by atoms with Crippen molar-refractivity contribution in [2.45, 2.75) is 76.2 Å². The first kappa shape index (κ1) is 11.8. The molecule has 0 spiro atoms. The topological polar surface area (TPSA) is 43.8 Å². The summed E-state index contributed by atoms with van der Waals surface area (Å²) in [6.45, 7) is 2.38. The highest BCUT2D eigenvalue weighted by atomic mass is 15.2. The van der Waals surface area contributed by atoms with Crippen LogP contribution in [0.5, 0.6) is 0 Å². The van der Waals surface area contributed by atoms with Crippen molar-refractivity contribution in [2.75, 3.05) is 5.73 Å². The van der Waals surface area contributed by atoms with E-state index in [4.69, 9.17) is 10.7 Å². The Morgan fingerprint density at radius 1 is 1.05 bits per heavy atom. The summed E-state index contributed by atoms with van der Waals surface area (Å²) < 4.78 is 2.41. The second kappa shape index (κ2) is 4.26. The Hall–Kier alpha value is -0.990. The Kier molecular flexibility index (Phi) is 2.64. The number of nitrogens with zero attached hydrogens (tertiary/aromatic N) is 2. The fourth-order valence-corrected chi connectivity index (χ4v) is 3.81. The van der Waals surface area contributed by atoms with Crippen molar-refractivity contribution in [1.82, 2.24) is 9.55 Å². The van der Waals surface area contributed by atoms with Gasteiger partial charge in [0.2, 0.25) is 0 Å². The molecule has 3 heteroatoms. The van der Waals surface area contributed by atoms with Crippen LogP contribution in [0.3, 0.4) is 0 Å². The summed E-state index contributed by atoms with van der Waals surface area (Å²) in [6.07, 6.45) is 10.6. The van der Waals surface area contributed by atoms with Crippen LogP contribution in [0.15, 0.2) is 0 Å². The minimum Gasteiger partial charge on any atom is -0.384 e. The van der Waals surface area contributed by atoms with Crippen molar-refractivity contribution in [2.24, 2.45) is 5.92 Å². The standard InChI is InChI=1S/C16H25N3/c1-10-3-2-4-12(9-10)14-15(17)19(13-7-8-13)16(18-14)11-5-6-11/h10-13H,2-9,17H2,1H3. The number of aromatic nitrogens is 2. The fraction of sp³-hybridized carbons (Fsp3) is 0.812. The molecule has 0 aliphatic heterocycles. The van der Waals surface area contributed by atoms with Crippen molar-refractivity contribution in [3.05, 3.63) is 11.5 Å². The van der Waals surface area contributed by atoms with Gasteiger partial charge in [0.05, 0.1) is 5.69 Å². The first-order chi connectivity index (χ1) is 9.24. The van der Waals surface area contributed by atoms with Crippen LogP contribution in [-0.4, -0.2) is 9.55 Å². The minimum absolute atomic E-state index is 0.626. The van der Waals surface area contributed by atoms with E-state index in [0.717, 1.165) is 17.7 Å². The summed E-state index contributed by atoms with van der Waals surface area (Å²) in [5.41, 5.74) is 7.74. The lowest BCUT2D eigenvalue weighted by molar-refractivity contribution is 0.341. The average molecular weight is 259 g/mol. The molecule has 0 aromatic carbocycles. The number of imidazole rings is 1. The lowest BCUT2D eigenvalue weighted by Gasteiger charge is -2.25. The van der Waals surface area contributed by atoms with E-state index >= 15 is 0 Å². The second-order valence-corrected chi connectivity index (χ2v) is 7.08. The molecule has 1 heterocycles. The molecule has 3 aliphatic carbocycles. The van der Waals surface area contributed by atoms with Gasteiger partial charge in [-0.05, 0) is 44.4 Å². The van der Waals surface area contributed by atoms with Crippen molar-refractivity contribution < 1.29 is 0 Å². The lowest BCUT2D eigenvalue weighted by Crippen LogP contribution is -2.14. The molecule has 3 fully saturated rings. The highest BCUT2D eigenvalue weighted by Gasteiger charge is 2.38. The van der Waals surface area contributed by atoms with E-state index in [1.807, 2.05) is 0 Å². The van der Waals surface area contributed by atoms with Gasteiger partial charge in [-0.2, -0.15) is 0 Å². The molecule has 0 saturated heterocycles. The zero-order valence-corrected chi connectivity index (χ0v) is 11.9. The predicted molar refractivity (Wildman–Crippen MR) is 77.3 cm³/mol. The maximum atomic E-state index is 6.49. The number of nitrogen functional groups attached to an aromatic ring is 1. The first-order valence-corrected chi connectivity index (χ1v) is 8.11. The molecule has 2 unspecified atom stereocenters. The third kappa shape index (κ3) is 2.07. The summed E-state index contributed by atoms with van der Waals surface area (Å²) in [7, 11) is 0. The first-order valence-electron chi connectivity index (χ1n) is 8.11. The molecule has 4 rings (SSSR count). The van der Waals surface area contributed by atoms with Crippen LogP contribution in [-0.2, 0) is 0 Å². The van der Waals surface area contributed by atoms with Crippen molar-refractivity contribution in [3.8, 4) is 0 Å². The van der Waals surface area contributed by atoms with E-state index in [1.165, 1.54) is 62.9 Å². The van der Waals surface area contributed by atoms with Gasteiger partial charge in [-0.25, -0.2) is 4.98 Å². The van der Waals surface area contributed by atoms with Gasteiger partial charge in [0.15, 0.2) is 0 Å². The maximum absolute atomic E-state index is 6.49. The molecule has 104 valence electrons. The van der Waals surface area contributed by atoms with Crippen LogP contribution >= 0.6 is 0 Å². The Bertz CT molecular complexity index is 482. The summed E-state index contributed by atoms with van der Waals surface area (Å²) in [6, 6.07) is 0.679. The summed E-state index contributed by atoms with van der Waals surface area (Å²) in [5.74, 6) is 4.53. The minimum atomic E-state index is 0.626. The zero-order valence-electron chi connectivity index (χ0n) is 11.9. The van der Waals surface area contributed by atoms with Gasteiger partial charge in [-0.3, -0.25) is 0 Å². The van der Waals surface area contributed by atoms with Gasteiger partial charge in [0, 0.05) is 17.9 Å². The quantitative estimate of drug-likeness (QED) is 0.892. The molecule has 0 amide bonds. The van der Waals surface area contributed by atoms with Crippen LogP contribution in [0.25, 0.3) is 0 Å². The smallest absolute Gasteiger partial charge is 0.127 e. The van der Waals surface area contributed by atoms with Gasteiger partial charge in [-0.15, -0.1) is 0 Å². The summed E-state index contributed by atoms with van der Waals surface area (Å²) >= 11 is 0. The number of hydrogen-bond donors (Lipinski definition) is 1. The SMILES string of the molecule is CC1CCCC(c2nc(C3CC3)n(C3CC3)c2N)C1. The Morgan fingerprint density at radius 3 is 2.47 bits per heavy atom. The van der Waals surface area contributed by atoms with E-state index in [-0.39, 0.29) is 0 Å². The maximum Gasteiger partial charge on any atom is 0.127 e. The van der Waals surface area contributed by atoms with E-state index in [0.29, 0.717) is 12.0 Å². The van der Waals surface area contributed by atoms with Crippen LogP contribution in [0.1, 0.15) is 87.7 Å². The number of nitrogens with two attached hydrogens (primary N) is 1. The number of rotatable bonds is 3. The fourth-order valence-electron chi connectivity index (χ4n) is 3.81. The summed E-state index contributed by atoms with van der Waals surface area (Å²) in [4.78, 5) is 5.03. The molecular formula is C16H25N3. The number of hydrogen-bond acceptors (Lipinski definition) is 2. The highest BCUT2D eigenvalue weighted by Crippen LogP contribution is 2.48. The van der Waals surface area contributed by atoms with E-state index < -0.39 is 0 Å². The molecule has 1 aromatic heterocycles. The van der Waals surface area contributed by atoms with Gasteiger partial charge < -0.3 is 10.3 Å². The largest absolute Gasteiger partial charge is 0.384 e. The van der Waals surface area contributed by atoms with E-state index in [1.54, 1.807) is 0 Å². The highest BCUT2D eigenvalue weighted by molar-refractivity contribution is 5.43. The monoisotopic (exact) mass is 259 g/mol. The molecule has 2 atom stereocenters. The average Bonchev–Trinajstić information content (AvgIpc) is 3.28. The lowest BCUT2D eigenvalue weighted by atomic mass is 9.81. The predicted octanol–water partition coefficient (Wildman–Crippen LogP) is 3.97. The molecule has 3 saturated carbocycles. The third-order valence-electron chi connectivity index (χ3n) is 5.18.